The van der Waals surface area contributed by atoms with E-state index >= 15 is 0 Å². The van der Waals surface area contributed by atoms with Crippen molar-refractivity contribution in [3.05, 3.63) is 76.8 Å². The van der Waals surface area contributed by atoms with Crippen molar-refractivity contribution in [3.63, 3.8) is 0 Å². The number of hydrogen-bond donors (Lipinski definition) is 3. The van der Waals surface area contributed by atoms with Gasteiger partial charge in [-0.05, 0) is 36.4 Å². The molecule has 9 heteroatoms. The number of hydrazine groups is 1. The zero-order valence-electron chi connectivity index (χ0n) is 13.1. The minimum absolute atomic E-state index is 0.233. The number of aromatic nitrogens is 2. The molecule has 0 atom stereocenters. The number of nitrogens with zero attached hydrogens (tertiary/aromatic N) is 2. The molecule has 3 rings (SSSR count). The van der Waals surface area contributed by atoms with Crippen molar-refractivity contribution in [3.8, 4) is 11.4 Å². The van der Waals surface area contributed by atoms with Crippen LogP contribution in [-0.4, -0.2) is 26.7 Å². The second-order valence-electron chi connectivity index (χ2n) is 5.17. The van der Waals surface area contributed by atoms with Crippen LogP contribution in [0, 0.1) is 5.82 Å². The number of carbonyl (C=O) groups is 2. The minimum atomic E-state index is -0.861. The van der Waals surface area contributed by atoms with Gasteiger partial charge in [-0.2, -0.15) is 5.10 Å². The zero-order chi connectivity index (χ0) is 18.7. The molecule has 0 unspecified atom stereocenters. The summed E-state index contributed by atoms with van der Waals surface area (Å²) >= 11 is 5.81. The van der Waals surface area contributed by atoms with Crippen LogP contribution < -0.4 is 10.9 Å². The maximum absolute atomic E-state index is 13.5. The highest BCUT2D eigenvalue weighted by atomic mass is 35.5. The lowest BCUT2D eigenvalue weighted by molar-refractivity contribution is 0.0839. The van der Waals surface area contributed by atoms with Crippen molar-refractivity contribution in [1.29, 1.82) is 0 Å². The fourth-order valence-electron chi connectivity index (χ4n) is 2.14. The Morgan fingerprint density at radius 1 is 1.04 bits per heavy atom. The number of rotatable bonds is 3. The third-order valence-corrected chi connectivity index (χ3v) is 3.66. The summed E-state index contributed by atoms with van der Waals surface area (Å²) in [5.41, 5.74) is 4.17. The van der Waals surface area contributed by atoms with Gasteiger partial charge in [-0.1, -0.05) is 23.7 Å². The maximum atomic E-state index is 13.5. The number of aromatic hydroxyl groups is 1. The fraction of sp³-hybridized carbons (Fsp3) is 0. The highest BCUT2D eigenvalue weighted by Gasteiger charge is 2.18. The van der Waals surface area contributed by atoms with Gasteiger partial charge >= 0.3 is 0 Å². The summed E-state index contributed by atoms with van der Waals surface area (Å²) in [6.45, 7) is 0. The Kier molecular flexibility index (Phi) is 4.85. The predicted octanol–water partition coefficient (Wildman–Crippen LogP) is 2.45. The summed E-state index contributed by atoms with van der Waals surface area (Å²) in [5, 5.41) is 14.4. The molecule has 0 aliphatic carbocycles. The lowest BCUT2D eigenvalue weighted by atomic mass is 10.2. The lowest BCUT2D eigenvalue weighted by Gasteiger charge is -2.06. The topological polar surface area (TPSA) is 96.3 Å². The van der Waals surface area contributed by atoms with E-state index in [0.717, 1.165) is 6.07 Å². The number of hydrogen-bond acceptors (Lipinski definition) is 4. The Bertz CT molecular complexity index is 972. The summed E-state index contributed by atoms with van der Waals surface area (Å²) in [5.74, 6) is -2.82. The molecule has 0 fully saturated rings. The molecule has 26 heavy (non-hydrogen) atoms. The second-order valence-corrected chi connectivity index (χ2v) is 5.61. The van der Waals surface area contributed by atoms with Gasteiger partial charge in [-0.3, -0.25) is 20.4 Å². The van der Waals surface area contributed by atoms with Gasteiger partial charge in [-0.25, -0.2) is 9.07 Å². The van der Waals surface area contributed by atoms with Crippen molar-refractivity contribution >= 4 is 23.4 Å². The van der Waals surface area contributed by atoms with E-state index in [1.54, 1.807) is 24.3 Å². The third-order valence-electron chi connectivity index (χ3n) is 3.41. The van der Waals surface area contributed by atoms with Crippen molar-refractivity contribution < 1.29 is 19.1 Å². The molecule has 3 N–H and O–H groups in total. The van der Waals surface area contributed by atoms with Gasteiger partial charge in [0.1, 0.15) is 5.82 Å². The van der Waals surface area contributed by atoms with Crippen LogP contribution in [0.5, 0.6) is 5.75 Å². The smallest absolute Gasteiger partial charge is 0.294 e. The molecule has 0 bridgehead atoms. The van der Waals surface area contributed by atoms with E-state index < -0.39 is 23.4 Å². The molecule has 2 amide bonds. The highest BCUT2D eigenvalue weighted by molar-refractivity contribution is 6.30. The number of carbonyl (C=O) groups excluding carboxylic acids is 2. The van der Waals surface area contributed by atoms with E-state index in [1.807, 2.05) is 0 Å². The van der Waals surface area contributed by atoms with Crippen molar-refractivity contribution in [2.45, 2.75) is 0 Å². The highest BCUT2D eigenvalue weighted by Crippen LogP contribution is 2.19. The molecule has 1 heterocycles. The molecule has 0 saturated heterocycles. The van der Waals surface area contributed by atoms with Crippen LogP contribution in [0.2, 0.25) is 5.02 Å². The maximum Gasteiger partial charge on any atom is 0.294 e. The quantitative estimate of drug-likeness (QED) is 0.613. The monoisotopic (exact) mass is 374 g/mol. The summed E-state index contributed by atoms with van der Waals surface area (Å²) in [4.78, 5) is 24.0. The standard InChI is InChI=1S/C17H12ClFN4O3/c18-10-5-7-11(8-6-10)23-9-14(24)15(22-23)17(26)21-20-16(25)12-3-1-2-4-13(12)19/h1-9,24H,(H,20,25)(H,21,26). The molecule has 7 nitrogen and oxygen atoms in total. The number of halogens is 2. The van der Waals surface area contributed by atoms with Gasteiger partial charge in [0.25, 0.3) is 11.8 Å². The van der Waals surface area contributed by atoms with E-state index in [4.69, 9.17) is 11.6 Å². The van der Waals surface area contributed by atoms with Gasteiger partial charge in [-0.15, -0.1) is 0 Å². The van der Waals surface area contributed by atoms with Gasteiger partial charge in [0, 0.05) is 5.02 Å². The van der Waals surface area contributed by atoms with Crippen LogP contribution >= 0.6 is 11.6 Å². The van der Waals surface area contributed by atoms with E-state index in [-0.39, 0.29) is 11.3 Å². The van der Waals surface area contributed by atoms with Crippen LogP contribution in [0.25, 0.3) is 5.69 Å². The average Bonchev–Trinajstić information content (AvgIpc) is 3.02. The Balaban J connectivity index is 1.71. The molecule has 1 aromatic heterocycles. The van der Waals surface area contributed by atoms with Gasteiger partial charge in [0.2, 0.25) is 0 Å². The van der Waals surface area contributed by atoms with E-state index in [0.29, 0.717) is 10.7 Å². The van der Waals surface area contributed by atoms with Gasteiger partial charge in [0.15, 0.2) is 11.4 Å². The Morgan fingerprint density at radius 2 is 1.69 bits per heavy atom. The Hall–Kier alpha value is -3.39. The molecular weight excluding hydrogens is 363 g/mol. The Morgan fingerprint density at radius 3 is 2.38 bits per heavy atom. The minimum Gasteiger partial charge on any atom is -0.504 e. The first-order valence-electron chi connectivity index (χ1n) is 7.35. The van der Waals surface area contributed by atoms with Crippen LogP contribution in [-0.2, 0) is 0 Å². The fourth-order valence-corrected chi connectivity index (χ4v) is 2.26. The van der Waals surface area contributed by atoms with E-state index in [1.165, 1.54) is 29.1 Å². The normalized spacial score (nSPS) is 10.4. The molecule has 0 radical (unpaired) electrons. The van der Waals surface area contributed by atoms with Gasteiger partial charge in [0.05, 0.1) is 17.4 Å². The first-order chi connectivity index (χ1) is 12.5. The van der Waals surface area contributed by atoms with Gasteiger partial charge < -0.3 is 5.11 Å². The number of amides is 2. The second kappa shape index (κ2) is 7.24. The first-order valence-corrected chi connectivity index (χ1v) is 7.73. The third kappa shape index (κ3) is 3.65. The van der Waals surface area contributed by atoms with Crippen LogP contribution in [0.3, 0.4) is 0 Å². The molecule has 2 aromatic carbocycles. The molecule has 132 valence electrons. The van der Waals surface area contributed by atoms with E-state index in [2.05, 4.69) is 16.0 Å². The molecule has 0 spiro atoms. The predicted molar refractivity (Wildman–Crippen MR) is 91.6 cm³/mol. The van der Waals surface area contributed by atoms with Crippen LogP contribution in [0.15, 0.2) is 54.7 Å². The first kappa shape index (κ1) is 17.4. The SMILES string of the molecule is O=C(NNC(=O)c1nn(-c2ccc(Cl)cc2)cc1O)c1ccccc1F. The molecule has 0 aliphatic heterocycles. The van der Waals surface area contributed by atoms with E-state index in [9.17, 15) is 19.1 Å². The molecular formula is C17H12ClFN4O3. The molecule has 3 aromatic rings. The van der Waals surface area contributed by atoms with Crippen molar-refractivity contribution in [2.24, 2.45) is 0 Å². The van der Waals surface area contributed by atoms with Crippen molar-refractivity contribution in [1.82, 2.24) is 20.6 Å². The zero-order valence-corrected chi connectivity index (χ0v) is 13.9. The summed E-state index contributed by atoms with van der Waals surface area (Å²) < 4.78 is 14.8. The molecule has 0 saturated carbocycles. The summed E-state index contributed by atoms with van der Waals surface area (Å²) in [7, 11) is 0. The largest absolute Gasteiger partial charge is 0.504 e. The lowest BCUT2D eigenvalue weighted by Crippen LogP contribution is -2.42. The Labute approximate surface area is 152 Å². The summed E-state index contributed by atoms with van der Waals surface area (Å²) in [6.07, 6.45) is 1.23. The average molecular weight is 375 g/mol. The summed E-state index contributed by atoms with van der Waals surface area (Å²) in [6, 6.07) is 11.9. The number of benzene rings is 2. The van der Waals surface area contributed by atoms with Crippen LogP contribution in [0.1, 0.15) is 20.8 Å². The molecule has 0 aliphatic rings. The number of nitrogens with one attached hydrogen (secondary N) is 2. The van der Waals surface area contributed by atoms with Crippen molar-refractivity contribution in [2.75, 3.05) is 0 Å². The van der Waals surface area contributed by atoms with Crippen LogP contribution in [0.4, 0.5) is 4.39 Å².